The number of rotatable bonds is 10. The Morgan fingerprint density at radius 1 is 0.909 bits per heavy atom. The number of amides is 2. The maximum atomic E-state index is 15.1. The average molecular weight is 625 g/mol. The van der Waals surface area contributed by atoms with Crippen LogP contribution < -0.4 is 10.1 Å². The van der Waals surface area contributed by atoms with Gasteiger partial charge in [0.2, 0.25) is 12.3 Å². The van der Waals surface area contributed by atoms with E-state index in [-0.39, 0.29) is 12.5 Å². The number of carbonyl (C=O) groups is 3. The average Bonchev–Trinajstić information content (AvgIpc) is 3.09. The Morgan fingerprint density at radius 2 is 1.48 bits per heavy atom. The molecule has 2 aliphatic rings. The summed E-state index contributed by atoms with van der Waals surface area (Å²) in [5, 5.41) is 2.31. The second-order valence-corrected chi connectivity index (χ2v) is 12.5. The number of β-lactam (4-membered cyclic amide) rings is 1. The molecule has 2 saturated heterocycles. The summed E-state index contributed by atoms with van der Waals surface area (Å²) in [7, 11) is 3.21. The van der Waals surface area contributed by atoms with Crippen molar-refractivity contribution >= 4 is 44.7 Å². The third-order valence-corrected chi connectivity index (χ3v) is 11.1. The molecular weight excluding hydrogens is 591 g/mol. The molecule has 0 aromatic heterocycles. The van der Waals surface area contributed by atoms with E-state index in [0.717, 1.165) is 22.3 Å². The zero-order valence-corrected chi connectivity index (χ0v) is 26.4. The fraction of sp³-hybridized carbons (Fsp3) is 0.200. The molecule has 7 nitrogen and oxygen atoms in total. The topological polar surface area (TPSA) is 84.9 Å². The highest BCUT2D eigenvalue weighted by molar-refractivity contribution is 8.01. The van der Waals surface area contributed by atoms with Crippen LogP contribution in [-0.4, -0.2) is 47.5 Å². The maximum absolute atomic E-state index is 15.1. The van der Waals surface area contributed by atoms with Gasteiger partial charge >= 0.3 is 5.97 Å². The Labute approximate surface area is 262 Å². The van der Waals surface area contributed by atoms with Crippen molar-refractivity contribution in [3.63, 3.8) is 0 Å². The van der Waals surface area contributed by atoms with E-state index in [2.05, 4.69) is 5.32 Å². The Hall–Kier alpha value is -4.26. The second kappa shape index (κ2) is 12.4. The largest absolute Gasteiger partial charge is 0.497 e. The van der Waals surface area contributed by atoms with Crippen molar-refractivity contribution in [1.29, 1.82) is 0 Å². The number of nitrogens with zero attached hydrogens (tertiary/aromatic N) is 1. The van der Waals surface area contributed by atoms with Crippen molar-refractivity contribution in [2.75, 3.05) is 7.11 Å². The highest BCUT2D eigenvalue weighted by atomic mass is 32.2. The Bertz CT molecular complexity index is 1620. The Kier molecular flexibility index (Phi) is 8.39. The van der Waals surface area contributed by atoms with E-state index >= 15 is 4.79 Å². The van der Waals surface area contributed by atoms with Crippen molar-refractivity contribution in [2.24, 2.45) is 5.41 Å². The smallest absolute Gasteiger partial charge is 0.320 e. The minimum absolute atomic E-state index is 0.0417. The van der Waals surface area contributed by atoms with Gasteiger partial charge in [0, 0.05) is 0 Å². The molecule has 6 rings (SSSR count). The van der Waals surface area contributed by atoms with Gasteiger partial charge in [-0.1, -0.05) is 109 Å². The van der Waals surface area contributed by atoms with Gasteiger partial charge in [-0.2, -0.15) is 0 Å². The predicted octanol–water partition coefficient (Wildman–Crippen LogP) is 4.85. The normalized spacial score (nSPS) is 23.5. The van der Waals surface area contributed by atoms with Crippen LogP contribution in [0, 0.1) is 5.41 Å². The lowest BCUT2D eigenvalue weighted by atomic mass is 9.61. The van der Waals surface area contributed by atoms with Crippen molar-refractivity contribution < 1.29 is 23.9 Å². The van der Waals surface area contributed by atoms with E-state index in [1.165, 1.54) is 11.8 Å². The summed E-state index contributed by atoms with van der Waals surface area (Å²) in [6.07, 6.45) is 0.572. The van der Waals surface area contributed by atoms with Gasteiger partial charge in [0.15, 0.2) is 0 Å². The first-order chi connectivity index (χ1) is 21.5. The number of methoxy groups -OCH3 is 1. The van der Waals surface area contributed by atoms with Crippen LogP contribution in [0.15, 0.2) is 115 Å². The quantitative estimate of drug-likeness (QED) is 0.118. The molecule has 4 aromatic carbocycles. The van der Waals surface area contributed by atoms with Gasteiger partial charge in [-0.15, -0.1) is 20.6 Å². The van der Waals surface area contributed by atoms with Crippen LogP contribution >= 0.6 is 20.6 Å². The van der Waals surface area contributed by atoms with Crippen LogP contribution in [-0.2, 0) is 30.5 Å². The van der Waals surface area contributed by atoms with Gasteiger partial charge < -0.3 is 19.7 Å². The zero-order valence-electron chi connectivity index (χ0n) is 24.2. The molecule has 9 heteroatoms. The number of benzene rings is 4. The van der Waals surface area contributed by atoms with Crippen LogP contribution in [0.2, 0.25) is 0 Å². The third-order valence-electron chi connectivity index (χ3n) is 8.58. The van der Waals surface area contributed by atoms with Crippen LogP contribution in [0.3, 0.4) is 0 Å². The monoisotopic (exact) mass is 624 g/mol. The third kappa shape index (κ3) is 4.64. The van der Waals surface area contributed by atoms with Crippen molar-refractivity contribution in [2.45, 2.75) is 28.8 Å². The fourth-order valence-electron chi connectivity index (χ4n) is 6.57. The van der Waals surface area contributed by atoms with Gasteiger partial charge in [-0.05, 0) is 34.4 Å². The number of hydrogen-bond donors (Lipinski definition) is 1. The molecule has 2 fully saturated rings. The molecule has 44 heavy (non-hydrogen) atoms. The molecule has 1 N–H and O–H groups in total. The molecule has 4 unspecified atom stereocenters. The van der Waals surface area contributed by atoms with E-state index in [4.69, 9.17) is 9.47 Å². The van der Waals surface area contributed by atoms with E-state index in [1.54, 1.807) is 20.9 Å². The summed E-state index contributed by atoms with van der Waals surface area (Å²) < 4.78 is 10.5. The van der Waals surface area contributed by atoms with Gasteiger partial charge in [0.05, 0.1) is 17.9 Å². The SMILES string of the molecule is COc1ccc(COC(=O)C2(C=[PH3])C(c3ccccc3)N3C(=O)C(NC=O)[C@H]3SC2(c2ccccc2)c2ccccc2)cc1. The Balaban J connectivity index is 1.61. The lowest BCUT2D eigenvalue weighted by Crippen LogP contribution is -2.77. The highest BCUT2D eigenvalue weighted by Gasteiger charge is 2.73. The molecule has 2 amide bonds. The van der Waals surface area contributed by atoms with Crippen molar-refractivity contribution in [3.8, 4) is 5.75 Å². The van der Waals surface area contributed by atoms with Crippen LogP contribution in [0.1, 0.15) is 28.3 Å². The number of esters is 1. The number of carbonyl (C=O) groups excluding carboxylic acids is 3. The molecule has 0 radical (unpaired) electrons. The highest BCUT2D eigenvalue weighted by Crippen LogP contribution is 2.68. The van der Waals surface area contributed by atoms with Gasteiger partial charge in [0.25, 0.3) is 0 Å². The first-order valence-corrected chi connectivity index (χ1v) is 16.0. The summed E-state index contributed by atoms with van der Waals surface area (Å²) in [6.45, 7) is 0.0417. The summed E-state index contributed by atoms with van der Waals surface area (Å²) >= 11 is 1.51. The number of ether oxygens (including phenoxy) is 2. The Morgan fingerprint density at radius 3 is 2.00 bits per heavy atom. The molecule has 0 saturated carbocycles. The fourth-order valence-corrected chi connectivity index (χ4v) is 9.47. The number of fused-ring (bicyclic) bond motifs is 1. The van der Waals surface area contributed by atoms with E-state index in [9.17, 15) is 9.59 Å². The minimum Gasteiger partial charge on any atom is -0.497 e. The minimum atomic E-state index is -1.38. The molecule has 2 heterocycles. The molecule has 5 atom stereocenters. The van der Waals surface area contributed by atoms with E-state index < -0.39 is 33.6 Å². The predicted molar refractivity (Wildman–Crippen MR) is 176 cm³/mol. The van der Waals surface area contributed by atoms with Crippen LogP contribution in [0.25, 0.3) is 0 Å². The standard InChI is InChI=1S/C35H33N2O5PS/c1-41-28-19-17-24(18-20-28)21-42-33(40)34(22-43)30(25-11-5-2-6-12-25)37-31(39)29(36-23-38)32(37)44-35(34,26-13-7-3-8-14-26)27-15-9-4-10-16-27/h2-20,22-23,29-30,32H,21H2,1,43H3,(H,36,38)/t29?,30?,32-,34?/m1/s1. The summed E-state index contributed by atoms with van der Waals surface area (Å²) in [4.78, 5) is 42.3. The first kappa shape index (κ1) is 29.8. The lowest BCUT2D eigenvalue weighted by Gasteiger charge is -2.65. The molecule has 2 aliphatic heterocycles. The zero-order chi connectivity index (χ0) is 30.7. The molecule has 4 aromatic rings. The van der Waals surface area contributed by atoms with Crippen LogP contribution in [0.4, 0.5) is 0 Å². The first-order valence-electron chi connectivity index (χ1n) is 14.3. The van der Waals surface area contributed by atoms with E-state index in [1.807, 2.05) is 121 Å². The number of nitrogens with one attached hydrogen (secondary N) is 1. The van der Waals surface area contributed by atoms with Crippen molar-refractivity contribution in [1.82, 2.24) is 10.2 Å². The van der Waals surface area contributed by atoms with Gasteiger partial charge in [-0.25, -0.2) is 0 Å². The van der Waals surface area contributed by atoms with Crippen molar-refractivity contribution in [3.05, 3.63) is 138 Å². The number of thioether (sulfide) groups is 1. The van der Waals surface area contributed by atoms with Gasteiger partial charge in [0.1, 0.15) is 29.2 Å². The van der Waals surface area contributed by atoms with E-state index in [0.29, 0.717) is 12.2 Å². The molecule has 0 bridgehead atoms. The van der Waals surface area contributed by atoms with Crippen LogP contribution in [0.5, 0.6) is 5.75 Å². The maximum Gasteiger partial charge on any atom is 0.320 e. The molecule has 0 aliphatic carbocycles. The lowest BCUT2D eigenvalue weighted by molar-refractivity contribution is -0.169. The number of hydrogen-bond acceptors (Lipinski definition) is 6. The summed E-state index contributed by atoms with van der Waals surface area (Å²) in [5.41, 5.74) is 2.02. The summed E-state index contributed by atoms with van der Waals surface area (Å²) in [6, 6.07) is 35.4. The summed E-state index contributed by atoms with van der Waals surface area (Å²) in [5.74, 6) is 1.96. The molecule has 0 spiro atoms. The molecular formula is C35H33N2O5PS. The molecule has 224 valence electrons. The second-order valence-electron chi connectivity index (χ2n) is 10.7. The van der Waals surface area contributed by atoms with Gasteiger partial charge in [-0.3, -0.25) is 14.4 Å².